The zero-order chi connectivity index (χ0) is 20.1. The lowest BCUT2D eigenvalue weighted by atomic mass is 9.64. The number of carboxylic acids is 1. The molecule has 146 valence electrons. The van der Waals surface area contributed by atoms with E-state index in [2.05, 4.69) is 15.2 Å². The summed E-state index contributed by atoms with van der Waals surface area (Å²) in [5.74, 6) is -1.44. The van der Waals surface area contributed by atoms with Crippen molar-refractivity contribution in [1.29, 1.82) is 0 Å². The molecular weight excluding hydrogens is 367 g/mol. The Morgan fingerprint density at radius 2 is 2.29 bits per heavy atom. The summed E-state index contributed by atoms with van der Waals surface area (Å²) in [6.45, 7) is 1.19. The highest BCUT2D eigenvalue weighted by atomic mass is 16.6. The maximum atomic E-state index is 12.8. The third-order valence-electron chi connectivity index (χ3n) is 4.33. The highest BCUT2D eigenvalue weighted by molar-refractivity contribution is 6.49. The van der Waals surface area contributed by atoms with Crippen molar-refractivity contribution in [3.63, 3.8) is 0 Å². The van der Waals surface area contributed by atoms with Gasteiger partial charge in [-0.3, -0.25) is 4.79 Å². The predicted octanol–water partition coefficient (Wildman–Crippen LogP) is 0.489. The van der Waals surface area contributed by atoms with Gasteiger partial charge in [-0.25, -0.2) is 14.5 Å². The zero-order valence-electron chi connectivity index (χ0n) is 15.2. The number of aliphatic carboxylic acids is 1. The molecule has 2 aromatic rings. The first-order valence-corrected chi connectivity index (χ1v) is 8.63. The van der Waals surface area contributed by atoms with Gasteiger partial charge >= 0.3 is 13.1 Å². The van der Waals surface area contributed by atoms with E-state index in [0.717, 1.165) is 11.1 Å². The maximum absolute atomic E-state index is 12.8. The monoisotopic (exact) mass is 386 g/mol. The molecule has 2 heterocycles. The lowest BCUT2D eigenvalue weighted by molar-refractivity contribution is -0.142. The van der Waals surface area contributed by atoms with Gasteiger partial charge in [-0.15, -0.1) is 0 Å². The third-order valence-corrected chi connectivity index (χ3v) is 4.33. The van der Waals surface area contributed by atoms with Gasteiger partial charge in [0.15, 0.2) is 5.78 Å². The fourth-order valence-electron chi connectivity index (χ4n) is 2.97. The van der Waals surface area contributed by atoms with E-state index in [1.54, 1.807) is 0 Å². The van der Waals surface area contributed by atoms with Crippen molar-refractivity contribution in [3.05, 3.63) is 42.0 Å². The van der Waals surface area contributed by atoms with Crippen LogP contribution in [0.4, 0.5) is 0 Å². The van der Waals surface area contributed by atoms with Crippen molar-refractivity contribution < 1.29 is 29.2 Å². The second-order valence-electron chi connectivity index (χ2n) is 6.46. The molecule has 0 aliphatic carbocycles. The summed E-state index contributed by atoms with van der Waals surface area (Å²) in [7, 11) is -1.13. The molecule has 0 amide bonds. The SMILES string of the molecule is Cc1cccc2c1OB(O)[C@@H](CC(=O)/C(Cn1cncn1)=N\OCC(=O)O)C2. The fraction of sp³-hybridized carbons (Fsp3) is 0.353. The molecular formula is C17H19BN4O6. The van der Waals surface area contributed by atoms with Crippen LogP contribution in [0.2, 0.25) is 5.82 Å². The van der Waals surface area contributed by atoms with E-state index in [9.17, 15) is 14.6 Å². The van der Waals surface area contributed by atoms with Gasteiger partial charge in [0, 0.05) is 12.2 Å². The Bertz CT molecular complexity index is 886. The van der Waals surface area contributed by atoms with Crippen LogP contribution in [-0.4, -0.2) is 56.1 Å². The number of carboxylic acid groups (broad SMARTS) is 1. The van der Waals surface area contributed by atoms with Crippen molar-refractivity contribution in [2.24, 2.45) is 5.16 Å². The van der Waals surface area contributed by atoms with Crippen molar-refractivity contribution in [3.8, 4) is 5.75 Å². The highest BCUT2D eigenvalue weighted by Crippen LogP contribution is 2.35. The summed E-state index contributed by atoms with van der Waals surface area (Å²) in [6, 6.07) is 5.68. The number of aryl methyl sites for hydroxylation is 1. The summed E-state index contributed by atoms with van der Waals surface area (Å²) in [4.78, 5) is 31.9. The number of ketones is 1. The minimum absolute atomic E-state index is 0.0195. The van der Waals surface area contributed by atoms with E-state index < -0.39 is 31.3 Å². The average Bonchev–Trinajstić information content (AvgIpc) is 3.15. The summed E-state index contributed by atoms with van der Waals surface area (Å²) in [6.07, 6.45) is 3.13. The molecule has 1 aliphatic heterocycles. The molecule has 0 bridgehead atoms. The number of oxime groups is 1. The Labute approximate surface area is 160 Å². The van der Waals surface area contributed by atoms with Gasteiger partial charge in [0.2, 0.25) is 6.61 Å². The predicted molar refractivity (Wildman–Crippen MR) is 97.9 cm³/mol. The number of hydrogen-bond donors (Lipinski definition) is 2. The van der Waals surface area contributed by atoms with E-state index in [1.165, 1.54) is 17.3 Å². The van der Waals surface area contributed by atoms with Crippen LogP contribution >= 0.6 is 0 Å². The van der Waals surface area contributed by atoms with Crippen LogP contribution in [0.5, 0.6) is 5.75 Å². The summed E-state index contributed by atoms with van der Waals surface area (Å²) in [5.41, 5.74) is 1.81. The number of nitrogens with zero attached hydrogens (tertiary/aromatic N) is 4. The number of rotatable bonds is 8. The molecule has 2 N–H and O–H groups in total. The highest BCUT2D eigenvalue weighted by Gasteiger charge is 2.37. The number of carbonyl (C=O) groups excluding carboxylic acids is 1. The van der Waals surface area contributed by atoms with Crippen LogP contribution in [0.3, 0.4) is 0 Å². The Balaban J connectivity index is 1.72. The standard InChI is InChI=1S/C17H19BN4O6/c1-11-3-2-4-12-5-13(18(26)28-17(11)12)6-15(23)14(21-27-8-16(24)25)7-22-10-19-9-20-22/h2-4,9-10,13,26H,5-8H2,1H3,(H,24,25)/b21-14-/t13-/m1/s1. The number of para-hydroxylation sites is 1. The van der Waals surface area contributed by atoms with E-state index >= 15 is 0 Å². The van der Waals surface area contributed by atoms with Crippen LogP contribution in [0, 0.1) is 6.92 Å². The van der Waals surface area contributed by atoms with Gasteiger partial charge in [-0.1, -0.05) is 23.4 Å². The first-order chi connectivity index (χ1) is 13.4. The molecule has 0 spiro atoms. The second kappa shape index (κ2) is 8.66. The number of fused-ring (bicyclic) bond motifs is 1. The summed E-state index contributed by atoms with van der Waals surface area (Å²) in [5, 5.41) is 26.6. The van der Waals surface area contributed by atoms with Crippen LogP contribution in [0.25, 0.3) is 0 Å². The molecule has 1 aliphatic rings. The molecule has 3 rings (SSSR count). The number of aromatic nitrogens is 3. The molecule has 11 heteroatoms. The molecule has 0 saturated heterocycles. The maximum Gasteiger partial charge on any atom is 0.526 e. The largest absolute Gasteiger partial charge is 0.536 e. The van der Waals surface area contributed by atoms with Crippen molar-refractivity contribution in [2.45, 2.75) is 32.1 Å². The topological polar surface area (TPSA) is 136 Å². The van der Waals surface area contributed by atoms with E-state index in [1.807, 2.05) is 25.1 Å². The van der Waals surface area contributed by atoms with Crippen LogP contribution in [0.15, 0.2) is 36.0 Å². The van der Waals surface area contributed by atoms with Crippen LogP contribution in [0.1, 0.15) is 17.5 Å². The number of hydrogen-bond acceptors (Lipinski definition) is 8. The molecule has 0 fully saturated rings. The minimum Gasteiger partial charge on any atom is -0.536 e. The zero-order valence-corrected chi connectivity index (χ0v) is 15.2. The smallest absolute Gasteiger partial charge is 0.526 e. The van der Waals surface area contributed by atoms with E-state index in [-0.39, 0.29) is 18.7 Å². The second-order valence-corrected chi connectivity index (χ2v) is 6.46. The lowest BCUT2D eigenvalue weighted by Crippen LogP contribution is -2.36. The van der Waals surface area contributed by atoms with E-state index in [4.69, 9.17) is 14.6 Å². The first-order valence-electron chi connectivity index (χ1n) is 8.63. The Morgan fingerprint density at radius 3 is 3.00 bits per heavy atom. The van der Waals surface area contributed by atoms with Gasteiger partial charge in [0.1, 0.15) is 24.1 Å². The van der Waals surface area contributed by atoms with Crippen LogP contribution in [-0.2, 0) is 27.4 Å². The Hall–Kier alpha value is -3.21. The average molecular weight is 386 g/mol. The Morgan fingerprint density at radius 1 is 1.46 bits per heavy atom. The molecule has 1 aromatic heterocycles. The summed E-state index contributed by atoms with van der Waals surface area (Å²) < 4.78 is 6.97. The van der Waals surface area contributed by atoms with Gasteiger partial charge in [0.25, 0.3) is 0 Å². The number of Topliss-reactive ketones (excluding diaryl/α,β-unsaturated/α-hetero) is 1. The van der Waals surface area contributed by atoms with Gasteiger partial charge < -0.3 is 19.6 Å². The Kier molecular flexibility index (Phi) is 6.04. The summed E-state index contributed by atoms with van der Waals surface area (Å²) >= 11 is 0. The third kappa shape index (κ3) is 4.74. The molecule has 28 heavy (non-hydrogen) atoms. The molecule has 1 atom stereocenters. The van der Waals surface area contributed by atoms with Crippen molar-refractivity contribution in [2.75, 3.05) is 6.61 Å². The van der Waals surface area contributed by atoms with E-state index in [0.29, 0.717) is 12.2 Å². The number of carbonyl (C=O) groups is 2. The molecule has 1 aromatic carbocycles. The van der Waals surface area contributed by atoms with Crippen molar-refractivity contribution >= 4 is 24.6 Å². The fourth-order valence-corrected chi connectivity index (χ4v) is 2.97. The van der Waals surface area contributed by atoms with Gasteiger partial charge in [0.05, 0.1) is 6.54 Å². The molecule has 0 unspecified atom stereocenters. The molecule has 0 radical (unpaired) electrons. The molecule has 10 nitrogen and oxygen atoms in total. The normalized spacial score (nSPS) is 16.3. The van der Waals surface area contributed by atoms with Crippen molar-refractivity contribution in [1.82, 2.24) is 14.8 Å². The molecule has 0 saturated carbocycles. The first kappa shape index (κ1) is 19.6. The number of benzene rings is 1. The quantitative estimate of drug-likeness (QED) is 0.380. The van der Waals surface area contributed by atoms with Gasteiger partial charge in [-0.2, -0.15) is 5.10 Å². The van der Waals surface area contributed by atoms with Crippen LogP contribution < -0.4 is 4.65 Å². The van der Waals surface area contributed by atoms with Gasteiger partial charge in [-0.05, 0) is 24.5 Å². The lowest BCUT2D eigenvalue weighted by Gasteiger charge is -2.28. The minimum atomic E-state index is -1.21.